The molecule has 0 aromatic heterocycles. The van der Waals surface area contributed by atoms with Gasteiger partial charge in [-0.15, -0.1) is 6.58 Å². The zero-order valence-corrected chi connectivity index (χ0v) is 12.4. The highest BCUT2D eigenvalue weighted by atomic mass is 32.2. The van der Waals surface area contributed by atoms with E-state index >= 15 is 0 Å². The van der Waals surface area contributed by atoms with Crippen LogP contribution in [0.4, 0.5) is 0 Å². The Morgan fingerprint density at radius 2 is 1.81 bits per heavy atom. The standard InChI is InChI=1S/C13H27NOS/c1-8-9-13(7,10-11(2)3)14-16(15)12(4,5)6/h8,11,14H,1,9-10H2,2-7H3/t13-,16-/m0/s1. The topological polar surface area (TPSA) is 29.1 Å². The Hall–Kier alpha value is -0.150. The lowest BCUT2D eigenvalue weighted by molar-refractivity contribution is 0.343. The van der Waals surface area contributed by atoms with E-state index in [-0.39, 0.29) is 10.3 Å². The lowest BCUT2D eigenvalue weighted by Crippen LogP contribution is -2.48. The first-order chi connectivity index (χ1) is 7.10. The van der Waals surface area contributed by atoms with Crippen molar-refractivity contribution in [3.05, 3.63) is 12.7 Å². The molecule has 0 amide bonds. The molecule has 96 valence electrons. The maximum Gasteiger partial charge on any atom is 0.0975 e. The maximum atomic E-state index is 12.1. The molecule has 0 bridgehead atoms. The summed E-state index contributed by atoms with van der Waals surface area (Å²) in [6.07, 6.45) is 3.74. The number of hydrogen-bond donors (Lipinski definition) is 1. The first-order valence-electron chi connectivity index (χ1n) is 5.91. The molecule has 0 fully saturated rings. The Morgan fingerprint density at radius 3 is 2.12 bits per heavy atom. The van der Waals surface area contributed by atoms with Gasteiger partial charge in [-0.3, -0.25) is 0 Å². The van der Waals surface area contributed by atoms with Gasteiger partial charge in [-0.05, 0) is 46.5 Å². The summed E-state index contributed by atoms with van der Waals surface area (Å²) in [6.45, 7) is 16.2. The molecule has 0 aliphatic rings. The average molecular weight is 245 g/mol. The van der Waals surface area contributed by atoms with Gasteiger partial charge in [0.05, 0.1) is 15.7 Å². The highest BCUT2D eigenvalue weighted by Crippen LogP contribution is 2.23. The average Bonchev–Trinajstić information content (AvgIpc) is 1.99. The van der Waals surface area contributed by atoms with Crippen LogP contribution < -0.4 is 4.72 Å². The Kier molecular flexibility index (Phi) is 5.91. The molecule has 1 N–H and O–H groups in total. The predicted molar refractivity (Wildman–Crippen MR) is 73.7 cm³/mol. The summed E-state index contributed by atoms with van der Waals surface area (Å²) >= 11 is 0. The summed E-state index contributed by atoms with van der Waals surface area (Å²) in [5, 5.41) is 0. The van der Waals surface area contributed by atoms with Crippen molar-refractivity contribution in [2.24, 2.45) is 5.92 Å². The normalized spacial score (nSPS) is 18.2. The molecule has 0 heterocycles. The van der Waals surface area contributed by atoms with E-state index in [1.54, 1.807) is 0 Å². The van der Waals surface area contributed by atoms with E-state index in [1.807, 2.05) is 26.8 Å². The van der Waals surface area contributed by atoms with Crippen molar-refractivity contribution in [3.63, 3.8) is 0 Å². The second kappa shape index (κ2) is 5.97. The van der Waals surface area contributed by atoms with Gasteiger partial charge in [-0.25, -0.2) is 8.93 Å². The Morgan fingerprint density at radius 1 is 1.31 bits per heavy atom. The minimum atomic E-state index is -1.02. The van der Waals surface area contributed by atoms with Crippen molar-refractivity contribution in [3.8, 4) is 0 Å². The molecule has 0 spiro atoms. The molecule has 0 radical (unpaired) electrons. The van der Waals surface area contributed by atoms with Crippen LogP contribution in [0.2, 0.25) is 0 Å². The molecule has 0 saturated carbocycles. The van der Waals surface area contributed by atoms with E-state index in [4.69, 9.17) is 0 Å². The Labute approximate surface area is 103 Å². The van der Waals surface area contributed by atoms with Crippen molar-refractivity contribution in [2.45, 2.75) is 64.7 Å². The van der Waals surface area contributed by atoms with Gasteiger partial charge in [0.15, 0.2) is 0 Å². The van der Waals surface area contributed by atoms with E-state index in [1.165, 1.54) is 0 Å². The van der Waals surface area contributed by atoms with Crippen LogP contribution >= 0.6 is 0 Å². The van der Waals surface area contributed by atoms with Gasteiger partial charge in [0.2, 0.25) is 0 Å². The third-order valence-electron chi connectivity index (χ3n) is 2.35. The SMILES string of the molecule is C=CC[C@@](C)(CC(C)C)N[S@@](=O)C(C)(C)C. The van der Waals surface area contributed by atoms with E-state index in [0.29, 0.717) is 5.92 Å². The fourth-order valence-corrected chi connectivity index (χ4v) is 2.68. The second-order valence-corrected chi connectivity index (χ2v) is 8.10. The van der Waals surface area contributed by atoms with E-state index in [9.17, 15) is 4.21 Å². The minimum Gasteiger partial charge on any atom is -0.242 e. The van der Waals surface area contributed by atoms with Crippen molar-refractivity contribution < 1.29 is 4.21 Å². The van der Waals surface area contributed by atoms with Gasteiger partial charge in [0, 0.05) is 5.54 Å². The van der Waals surface area contributed by atoms with Crippen LogP contribution in [0.25, 0.3) is 0 Å². The van der Waals surface area contributed by atoms with Crippen molar-refractivity contribution >= 4 is 11.0 Å². The van der Waals surface area contributed by atoms with Crippen LogP contribution in [0.3, 0.4) is 0 Å². The molecule has 0 unspecified atom stereocenters. The molecule has 16 heavy (non-hydrogen) atoms. The third kappa shape index (κ3) is 5.80. The zero-order valence-electron chi connectivity index (χ0n) is 11.6. The lowest BCUT2D eigenvalue weighted by atomic mass is 9.89. The number of rotatable bonds is 6. The maximum absolute atomic E-state index is 12.1. The molecule has 0 saturated heterocycles. The molecular formula is C13H27NOS. The summed E-state index contributed by atoms with van der Waals surface area (Å²) in [7, 11) is -1.02. The summed E-state index contributed by atoms with van der Waals surface area (Å²) in [5.74, 6) is 0.578. The molecule has 0 aliphatic carbocycles. The highest BCUT2D eigenvalue weighted by Gasteiger charge is 2.30. The number of hydrogen-bond acceptors (Lipinski definition) is 1. The Bertz CT molecular complexity index is 255. The summed E-state index contributed by atoms with van der Waals surface area (Å²) in [4.78, 5) is 0. The monoisotopic (exact) mass is 245 g/mol. The predicted octanol–water partition coefficient (Wildman–Crippen LogP) is 3.42. The van der Waals surface area contributed by atoms with Gasteiger partial charge in [0.25, 0.3) is 0 Å². The minimum absolute atomic E-state index is 0.117. The van der Waals surface area contributed by atoms with Gasteiger partial charge in [-0.2, -0.15) is 0 Å². The van der Waals surface area contributed by atoms with E-state index in [0.717, 1.165) is 12.8 Å². The first kappa shape index (κ1) is 15.9. The van der Waals surface area contributed by atoms with Crippen LogP contribution in [0.1, 0.15) is 54.4 Å². The lowest BCUT2D eigenvalue weighted by Gasteiger charge is -2.34. The van der Waals surface area contributed by atoms with Crippen LogP contribution in [-0.4, -0.2) is 14.5 Å². The molecular weight excluding hydrogens is 218 g/mol. The fraction of sp³-hybridized carbons (Fsp3) is 0.846. The Balaban J connectivity index is 4.67. The van der Waals surface area contributed by atoms with Gasteiger partial charge >= 0.3 is 0 Å². The molecule has 3 heteroatoms. The van der Waals surface area contributed by atoms with Crippen molar-refractivity contribution in [1.29, 1.82) is 0 Å². The smallest absolute Gasteiger partial charge is 0.0975 e. The largest absolute Gasteiger partial charge is 0.242 e. The molecule has 0 rings (SSSR count). The summed E-state index contributed by atoms with van der Waals surface area (Å²) < 4.78 is 15.1. The van der Waals surface area contributed by atoms with Crippen LogP contribution in [0.15, 0.2) is 12.7 Å². The molecule has 2 atom stereocenters. The molecule has 2 nitrogen and oxygen atoms in total. The second-order valence-electron chi connectivity index (χ2n) is 6.13. The number of nitrogens with one attached hydrogen (secondary N) is 1. The highest BCUT2D eigenvalue weighted by molar-refractivity contribution is 7.84. The third-order valence-corrected chi connectivity index (χ3v) is 4.14. The zero-order chi connectivity index (χ0) is 13.0. The summed E-state index contributed by atoms with van der Waals surface area (Å²) in [5.41, 5.74) is -0.117. The van der Waals surface area contributed by atoms with Gasteiger partial charge < -0.3 is 0 Å². The molecule has 0 aliphatic heterocycles. The van der Waals surface area contributed by atoms with E-state index < -0.39 is 11.0 Å². The van der Waals surface area contributed by atoms with Crippen LogP contribution in [0, 0.1) is 5.92 Å². The summed E-state index contributed by atoms with van der Waals surface area (Å²) in [6, 6.07) is 0. The molecule has 0 aromatic carbocycles. The quantitative estimate of drug-likeness (QED) is 0.714. The first-order valence-corrected chi connectivity index (χ1v) is 7.06. The van der Waals surface area contributed by atoms with Crippen molar-refractivity contribution in [1.82, 2.24) is 4.72 Å². The van der Waals surface area contributed by atoms with E-state index in [2.05, 4.69) is 32.1 Å². The fourth-order valence-electron chi connectivity index (χ4n) is 1.76. The van der Waals surface area contributed by atoms with Crippen molar-refractivity contribution in [2.75, 3.05) is 0 Å². The van der Waals surface area contributed by atoms with Crippen LogP contribution in [-0.2, 0) is 11.0 Å². The van der Waals surface area contributed by atoms with Crippen LogP contribution in [0.5, 0.6) is 0 Å². The molecule has 0 aromatic rings. The van der Waals surface area contributed by atoms with Gasteiger partial charge in [0.1, 0.15) is 0 Å². The van der Waals surface area contributed by atoms with Gasteiger partial charge in [-0.1, -0.05) is 19.9 Å².